The molecule has 0 N–H and O–H groups in total. The molecule has 1 unspecified atom stereocenters. The van der Waals surface area contributed by atoms with E-state index >= 15 is 0 Å². The fourth-order valence-electron chi connectivity index (χ4n) is 5.79. The largest absolute Gasteiger partial charge is 0.468 e. The van der Waals surface area contributed by atoms with E-state index in [1.54, 1.807) is 0 Å². The zero-order chi connectivity index (χ0) is 22.3. The number of carbonyl (C=O) groups excluding carboxylic acids is 3. The summed E-state index contributed by atoms with van der Waals surface area (Å²) in [5.41, 5.74) is -0.0568. The van der Waals surface area contributed by atoms with Gasteiger partial charge in [0.1, 0.15) is 5.54 Å². The lowest BCUT2D eigenvalue weighted by Crippen LogP contribution is -2.59. The van der Waals surface area contributed by atoms with Crippen LogP contribution in [0.3, 0.4) is 0 Å². The average molecular weight is 445 g/mol. The number of fused-ring (bicyclic) bond motifs is 3. The Labute approximate surface area is 188 Å². The van der Waals surface area contributed by atoms with Crippen LogP contribution in [-0.4, -0.2) is 58.6 Å². The molecule has 0 bridgehead atoms. The molecule has 4 rings (SSSR count). The number of carbonyl (C=O) groups is 3. The van der Waals surface area contributed by atoms with Crippen molar-refractivity contribution in [1.29, 1.82) is 0 Å². The molecule has 3 saturated heterocycles. The van der Waals surface area contributed by atoms with E-state index in [0.717, 1.165) is 24.8 Å². The second-order valence-electron chi connectivity index (χ2n) is 8.84. The Morgan fingerprint density at radius 1 is 1.19 bits per heavy atom. The first-order valence-electron chi connectivity index (χ1n) is 11.4. The molecule has 0 aromatic heterocycles. The lowest BCUT2D eigenvalue weighted by atomic mass is 9.75. The Bertz CT molecular complexity index is 873. The monoisotopic (exact) mass is 444 g/mol. The molecule has 3 aliphatic rings. The molecule has 168 valence electrons. The van der Waals surface area contributed by atoms with E-state index in [9.17, 15) is 14.4 Å². The van der Waals surface area contributed by atoms with E-state index in [-0.39, 0.29) is 23.8 Å². The highest BCUT2D eigenvalue weighted by atomic mass is 32.2. The number of hydrogen-bond acceptors (Lipinski definition) is 6. The van der Waals surface area contributed by atoms with Crippen LogP contribution in [0.5, 0.6) is 0 Å². The van der Waals surface area contributed by atoms with Gasteiger partial charge in [0.2, 0.25) is 11.8 Å². The van der Waals surface area contributed by atoms with Crippen molar-refractivity contribution < 1.29 is 19.1 Å². The molecule has 0 spiro atoms. The fraction of sp³-hybridized carbons (Fsp3) is 0.625. The number of rotatable bonds is 6. The van der Waals surface area contributed by atoms with Crippen LogP contribution < -0.4 is 0 Å². The van der Waals surface area contributed by atoms with Gasteiger partial charge in [-0.1, -0.05) is 26.0 Å². The van der Waals surface area contributed by atoms with Crippen LogP contribution in [0.15, 0.2) is 29.2 Å². The van der Waals surface area contributed by atoms with Crippen molar-refractivity contribution in [3.05, 3.63) is 29.8 Å². The van der Waals surface area contributed by atoms with E-state index < -0.39 is 17.4 Å². The van der Waals surface area contributed by atoms with Crippen LogP contribution in [0.1, 0.15) is 58.1 Å². The summed E-state index contributed by atoms with van der Waals surface area (Å²) in [6.45, 7) is 7.22. The van der Waals surface area contributed by atoms with Crippen LogP contribution >= 0.6 is 11.8 Å². The molecule has 3 heterocycles. The Kier molecular flexibility index (Phi) is 6.19. The van der Waals surface area contributed by atoms with Gasteiger partial charge in [0.05, 0.1) is 18.9 Å². The molecule has 7 heteroatoms. The molecule has 0 saturated carbocycles. The third-order valence-corrected chi connectivity index (χ3v) is 8.62. The smallest absolute Gasteiger partial charge is 0.327 e. The van der Waals surface area contributed by atoms with Gasteiger partial charge in [0.25, 0.3) is 0 Å². The number of esters is 1. The molecule has 3 fully saturated rings. The van der Waals surface area contributed by atoms with Crippen molar-refractivity contribution in [2.24, 2.45) is 11.8 Å². The molecular formula is C24H32N2O4S. The van der Waals surface area contributed by atoms with E-state index in [4.69, 9.17) is 4.74 Å². The summed E-state index contributed by atoms with van der Waals surface area (Å²) in [6, 6.07) is 8.05. The van der Waals surface area contributed by atoms with Gasteiger partial charge in [-0.15, -0.1) is 11.8 Å². The second-order valence-corrected chi connectivity index (χ2v) is 10.4. The molecule has 5 atom stereocenters. The van der Waals surface area contributed by atoms with Crippen LogP contribution in [0.2, 0.25) is 0 Å². The molecule has 1 aromatic carbocycles. The minimum absolute atomic E-state index is 0.154. The van der Waals surface area contributed by atoms with Crippen molar-refractivity contribution in [2.45, 2.75) is 68.2 Å². The SMILES string of the molecule is CCC(C)Sc1ccc([C@@H]2[C@H]3C(=O)N(CC)C(=O)[C@H]3[C@]3(C(=O)OC)CCCCN23)cc1. The molecule has 6 nitrogen and oxygen atoms in total. The Morgan fingerprint density at radius 2 is 1.90 bits per heavy atom. The minimum Gasteiger partial charge on any atom is -0.468 e. The number of methoxy groups -OCH3 is 1. The van der Waals surface area contributed by atoms with Crippen LogP contribution in [0.4, 0.5) is 0 Å². The topological polar surface area (TPSA) is 66.9 Å². The number of benzene rings is 1. The number of hydrogen-bond donors (Lipinski definition) is 0. The third kappa shape index (κ3) is 3.32. The number of imide groups is 1. The minimum atomic E-state index is -1.05. The van der Waals surface area contributed by atoms with Crippen molar-refractivity contribution >= 4 is 29.5 Å². The number of likely N-dealkylation sites (tertiary alicyclic amines) is 1. The highest BCUT2D eigenvalue weighted by Gasteiger charge is 2.72. The maximum absolute atomic E-state index is 13.4. The predicted molar refractivity (Wildman–Crippen MR) is 119 cm³/mol. The van der Waals surface area contributed by atoms with Gasteiger partial charge < -0.3 is 4.74 Å². The second kappa shape index (κ2) is 8.58. The number of amides is 2. The molecular weight excluding hydrogens is 412 g/mol. The highest BCUT2D eigenvalue weighted by Crippen LogP contribution is 2.58. The number of nitrogens with zero attached hydrogens (tertiary/aromatic N) is 2. The van der Waals surface area contributed by atoms with Crippen LogP contribution in [0.25, 0.3) is 0 Å². The van der Waals surface area contributed by atoms with Gasteiger partial charge >= 0.3 is 5.97 Å². The zero-order valence-corrected chi connectivity index (χ0v) is 19.6. The molecule has 0 aliphatic carbocycles. The summed E-state index contributed by atoms with van der Waals surface area (Å²) in [7, 11) is 1.38. The molecule has 1 aromatic rings. The first-order valence-corrected chi connectivity index (χ1v) is 12.3. The van der Waals surface area contributed by atoms with Gasteiger partial charge in [-0.05, 0) is 56.8 Å². The lowest BCUT2D eigenvalue weighted by molar-refractivity contribution is -0.164. The molecule has 31 heavy (non-hydrogen) atoms. The van der Waals surface area contributed by atoms with E-state index in [0.29, 0.717) is 24.8 Å². The van der Waals surface area contributed by atoms with Gasteiger partial charge in [0.15, 0.2) is 0 Å². The summed E-state index contributed by atoms with van der Waals surface area (Å²) in [5, 5.41) is 0.530. The van der Waals surface area contributed by atoms with Gasteiger partial charge in [0, 0.05) is 22.7 Å². The average Bonchev–Trinajstić information content (AvgIpc) is 3.24. The Hall–Kier alpha value is -1.86. The van der Waals surface area contributed by atoms with E-state index in [2.05, 4.69) is 43.0 Å². The van der Waals surface area contributed by atoms with Gasteiger partial charge in [-0.25, -0.2) is 0 Å². The summed E-state index contributed by atoms with van der Waals surface area (Å²) in [6.07, 6.45) is 3.43. The van der Waals surface area contributed by atoms with Crippen molar-refractivity contribution in [3.63, 3.8) is 0 Å². The maximum atomic E-state index is 13.4. The van der Waals surface area contributed by atoms with Gasteiger partial charge in [-0.3, -0.25) is 24.2 Å². The summed E-state index contributed by atoms with van der Waals surface area (Å²) in [5.74, 6) is -1.98. The van der Waals surface area contributed by atoms with E-state index in [1.807, 2.05) is 18.7 Å². The van der Waals surface area contributed by atoms with Crippen molar-refractivity contribution in [3.8, 4) is 0 Å². The number of thioether (sulfide) groups is 1. The van der Waals surface area contributed by atoms with Crippen LogP contribution in [-0.2, 0) is 19.1 Å². The standard InChI is InChI=1S/C24H32N2O4S/c1-5-15(3)31-17-11-9-16(10-12-17)20-18-19(22(28)25(6-2)21(18)27)24(23(29)30-4)13-7-8-14-26(20)24/h9-12,15,18-20H,5-8,13-14H2,1-4H3/t15?,18-,19-,20+,24-/m0/s1. The van der Waals surface area contributed by atoms with Crippen molar-refractivity contribution in [1.82, 2.24) is 9.80 Å². The number of piperidine rings is 1. The quantitative estimate of drug-likeness (QED) is 0.379. The molecule has 2 amide bonds. The molecule has 3 aliphatic heterocycles. The van der Waals surface area contributed by atoms with Crippen LogP contribution in [0, 0.1) is 11.8 Å². The zero-order valence-electron chi connectivity index (χ0n) is 18.8. The molecule has 0 radical (unpaired) electrons. The summed E-state index contributed by atoms with van der Waals surface area (Å²) >= 11 is 1.83. The fourth-order valence-corrected chi connectivity index (χ4v) is 6.71. The normalized spacial score (nSPS) is 31.5. The first-order chi connectivity index (χ1) is 14.9. The third-order valence-electron chi connectivity index (χ3n) is 7.34. The predicted octanol–water partition coefficient (Wildman–Crippen LogP) is 3.65. The lowest BCUT2D eigenvalue weighted by Gasteiger charge is -2.44. The summed E-state index contributed by atoms with van der Waals surface area (Å²) in [4.78, 5) is 44.6. The first kappa shape index (κ1) is 22.3. The Morgan fingerprint density at radius 3 is 2.52 bits per heavy atom. The Balaban J connectivity index is 1.79. The van der Waals surface area contributed by atoms with Crippen molar-refractivity contribution in [2.75, 3.05) is 20.2 Å². The van der Waals surface area contributed by atoms with Gasteiger partial charge in [-0.2, -0.15) is 0 Å². The number of ether oxygens (including phenoxy) is 1. The maximum Gasteiger partial charge on any atom is 0.327 e. The highest BCUT2D eigenvalue weighted by molar-refractivity contribution is 7.99. The summed E-state index contributed by atoms with van der Waals surface area (Å²) < 4.78 is 5.25. The van der Waals surface area contributed by atoms with E-state index in [1.165, 1.54) is 16.9 Å².